The molecule has 0 aliphatic rings. The lowest BCUT2D eigenvalue weighted by atomic mass is 9.93. The van der Waals surface area contributed by atoms with Crippen molar-refractivity contribution in [3.05, 3.63) is 35.1 Å². The van der Waals surface area contributed by atoms with Crippen molar-refractivity contribution < 1.29 is 27.4 Å². The molecule has 0 spiro atoms. The molecule has 2 nitrogen and oxygen atoms in total. The molecule has 1 N–H and O–H groups in total. The van der Waals surface area contributed by atoms with Gasteiger partial charge in [0.2, 0.25) is 0 Å². The van der Waals surface area contributed by atoms with Crippen molar-refractivity contribution in [2.45, 2.75) is 25.6 Å². The third kappa shape index (κ3) is 3.91. The Labute approximate surface area is 109 Å². The molecule has 0 saturated carbocycles. The molecule has 6 heteroatoms. The summed E-state index contributed by atoms with van der Waals surface area (Å²) in [5, 5.41) is 9.92. The number of aliphatic hydroxyl groups is 1. The lowest BCUT2D eigenvalue weighted by molar-refractivity contribution is -0.140. The quantitative estimate of drug-likeness (QED) is 0.836. The summed E-state index contributed by atoms with van der Waals surface area (Å²) in [6, 6.07) is 2.91. The first kappa shape index (κ1) is 15.9. The van der Waals surface area contributed by atoms with E-state index in [0.717, 1.165) is 6.07 Å². The minimum absolute atomic E-state index is 0.335. The number of methoxy groups -OCH3 is 1. The average molecular weight is 280 g/mol. The Morgan fingerprint density at radius 1 is 1.32 bits per heavy atom. The van der Waals surface area contributed by atoms with Crippen LogP contribution >= 0.6 is 0 Å². The van der Waals surface area contributed by atoms with Crippen LogP contribution in [0.15, 0.2) is 18.2 Å². The summed E-state index contributed by atoms with van der Waals surface area (Å²) >= 11 is 0. The van der Waals surface area contributed by atoms with Gasteiger partial charge in [0, 0.05) is 19.3 Å². The minimum Gasteiger partial charge on any atom is -0.388 e. The van der Waals surface area contributed by atoms with Crippen LogP contribution in [-0.2, 0) is 10.9 Å². The summed E-state index contributed by atoms with van der Waals surface area (Å²) in [6.07, 6.45) is -5.64. The van der Waals surface area contributed by atoms with Crippen molar-refractivity contribution >= 4 is 0 Å². The zero-order chi connectivity index (χ0) is 14.6. The number of rotatable bonds is 5. The molecule has 0 fully saturated rings. The highest BCUT2D eigenvalue weighted by atomic mass is 19.4. The summed E-state index contributed by atoms with van der Waals surface area (Å²) in [5.74, 6) is -1.82. The number of alkyl halides is 3. The lowest BCUT2D eigenvalue weighted by Gasteiger charge is -2.21. The minimum atomic E-state index is -4.77. The summed E-state index contributed by atoms with van der Waals surface area (Å²) < 4.78 is 56.3. The van der Waals surface area contributed by atoms with Crippen LogP contribution < -0.4 is 0 Å². The number of aliphatic hydroxyl groups excluding tert-OH is 1. The number of hydrogen-bond acceptors (Lipinski definition) is 2. The Morgan fingerprint density at radius 3 is 2.47 bits per heavy atom. The van der Waals surface area contributed by atoms with Crippen molar-refractivity contribution in [2.24, 2.45) is 5.92 Å². The van der Waals surface area contributed by atoms with Crippen LogP contribution in [-0.4, -0.2) is 18.8 Å². The van der Waals surface area contributed by atoms with Gasteiger partial charge in [-0.3, -0.25) is 0 Å². The first-order chi connectivity index (χ1) is 8.79. The second kappa shape index (κ2) is 6.34. The van der Waals surface area contributed by atoms with Gasteiger partial charge in [0.1, 0.15) is 5.82 Å². The summed E-state index contributed by atoms with van der Waals surface area (Å²) in [6.45, 7) is 1.97. The van der Waals surface area contributed by atoms with Crippen LogP contribution in [0.4, 0.5) is 17.6 Å². The van der Waals surface area contributed by atoms with Crippen molar-refractivity contribution in [2.75, 3.05) is 13.7 Å². The molecular weight excluding hydrogens is 264 g/mol. The zero-order valence-electron chi connectivity index (χ0n) is 10.7. The molecular formula is C13H16F4O2. The van der Waals surface area contributed by atoms with E-state index < -0.39 is 29.6 Å². The Hall–Kier alpha value is -1.14. The molecule has 1 aromatic carbocycles. The fraction of sp³-hybridized carbons (Fsp3) is 0.538. The fourth-order valence-electron chi connectivity index (χ4n) is 1.77. The molecule has 0 aliphatic heterocycles. The van der Waals surface area contributed by atoms with Gasteiger partial charge in [0.05, 0.1) is 11.7 Å². The van der Waals surface area contributed by atoms with Gasteiger partial charge in [-0.15, -0.1) is 0 Å². The van der Waals surface area contributed by atoms with Crippen molar-refractivity contribution in [3.63, 3.8) is 0 Å². The first-order valence-electron chi connectivity index (χ1n) is 5.81. The monoisotopic (exact) mass is 280 g/mol. The number of hydrogen-bond donors (Lipinski definition) is 1. The number of benzene rings is 1. The summed E-state index contributed by atoms with van der Waals surface area (Å²) in [5.41, 5.74) is -1.69. The molecule has 0 amide bonds. The van der Waals surface area contributed by atoms with Crippen molar-refractivity contribution in [1.82, 2.24) is 0 Å². The maximum Gasteiger partial charge on any atom is 0.419 e. The maximum atomic E-state index is 13.8. The van der Waals surface area contributed by atoms with Gasteiger partial charge in [-0.05, 0) is 18.4 Å². The second-order valence-electron chi connectivity index (χ2n) is 4.41. The Morgan fingerprint density at radius 2 is 1.95 bits per heavy atom. The third-order valence-corrected chi connectivity index (χ3v) is 2.97. The Bertz CT molecular complexity index is 418. The van der Waals surface area contributed by atoms with Gasteiger partial charge in [0.15, 0.2) is 0 Å². The van der Waals surface area contributed by atoms with Gasteiger partial charge in [-0.25, -0.2) is 4.39 Å². The van der Waals surface area contributed by atoms with Gasteiger partial charge < -0.3 is 9.84 Å². The highest BCUT2D eigenvalue weighted by molar-refractivity contribution is 5.29. The van der Waals surface area contributed by atoms with E-state index >= 15 is 0 Å². The lowest BCUT2D eigenvalue weighted by Crippen LogP contribution is -2.16. The van der Waals surface area contributed by atoms with Gasteiger partial charge in [0.25, 0.3) is 0 Å². The molecule has 0 bridgehead atoms. The number of halogens is 4. The highest BCUT2D eigenvalue weighted by Crippen LogP contribution is 2.35. The second-order valence-corrected chi connectivity index (χ2v) is 4.41. The normalized spacial score (nSPS) is 15.3. The standard InChI is InChI=1S/C13H16F4O2/c1-8(6-7-19-2)12(18)9-4-3-5-10(11(9)14)13(15,16)17/h3-5,8,12,18H,6-7H2,1-2H3. The Balaban J connectivity index is 3.01. The van der Waals surface area contributed by atoms with E-state index in [4.69, 9.17) is 4.74 Å². The largest absolute Gasteiger partial charge is 0.419 e. The van der Waals surface area contributed by atoms with Gasteiger partial charge in [-0.1, -0.05) is 19.1 Å². The predicted octanol–water partition coefficient (Wildman–Crippen LogP) is 3.55. The summed E-state index contributed by atoms with van der Waals surface area (Å²) in [4.78, 5) is 0. The van der Waals surface area contributed by atoms with Crippen molar-refractivity contribution in [1.29, 1.82) is 0 Å². The van der Waals surface area contributed by atoms with Crippen LogP contribution in [0, 0.1) is 11.7 Å². The molecule has 0 aromatic heterocycles. The van der Waals surface area contributed by atoms with Crippen LogP contribution in [0.3, 0.4) is 0 Å². The average Bonchev–Trinajstić information content (AvgIpc) is 2.34. The van der Waals surface area contributed by atoms with Crippen LogP contribution in [0.25, 0.3) is 0 Å². The molecule has 0 heterocycles. The Kier molecular flexibility index (Phi) is 5.31. The first-order valence-corrected chi connectivity index (χ1v) is 5.81. The summed E-state index contributed by atoms with van der Waals surface area (Å²) in [7, 11) is 1.48. The van der Waals surface area contributed by atoms with Crippen LogP contribution in [0.2, 0.25) is 0 Å². The number of ether oxygens (including phenoxy) is 1. The van der Waals surface area contributed by atoms with Gasteiger partial charge >= 0.3 is 6.18 Å². The topological polar surface area (TPSA) is 29.5 Å². The molecule has 0 radical (unpaired) electrons. The van der Waals surface area contributed by atoms with Crippen molar-refractivity contribution in [3.8, 4) is 0 Å². The van der Waals surface area contributed by atoms with Crippen LogP contribution in [0.5, 0.6) is 0 Å². The molecule has 2 atom stereocenters. The van der Waals surface area contributed by atoms with E-state index in [-0.39, 0.29) is 5.56 Å². The van der Waals surface area contributed by atoms with Gasteiger partial charge in [-0.2, -0.15) is 13.2 Å². The van der Waals surface area contributed by atoms with E-state index in [9.17, 15) is 22.7 Å². The molecule has 0 saturated heterocycles. The molecule has 108 valence electrons. The van der Waals surface area contributed by atoms with E-state index in [2.05, 4.69) is 0 Å². The molecule has 1 aromatic rings. The SMILES string of the molecule is COCCC(C)C(O)c1cccc(C(F)(F)F)c1F. The van der Waals surface area contributed by atoms with E-state index in [0.29, 0.717) is 19.1 Å². The van der Waals surface area contributed by atoms with E-state index in [1.807, 2.05) is 0 Å². The predicted molar refractivity (Wildman–Crippen MR) is 62.0 cm³/mol. The van der Waals surface area contributed by atoms with E-state index in [1.54, 1.807) is 6.92 Å². The third-order valence-electron chi connectivity index (χ3n) is 2.97. The highest BCUT2D eigenvalue weighted by Gasteiger charge is 2.36. The molecule has 2 unspecified atom stereocenters. The fourth-order valence-corrected chi connectivity index (χ4v) is 1.77. The van der Waals surface area contributed by atoms with Crippen LogP contribution in [0.1, 0.15) is 30.6 Å². The maximum absolute atomic E-state index is 13.8. The molecule has 0 aliphatic carbocycles. The zero-order valence-corrected chi connectivity index (χ0v) is 10.7. The van der Waals surface area contributed by atoms with E-state index in [1.165, 1.54) is 13.2 Å². The smallest absolute Gasteiger partial charge is 0.388 e. The molecule has 1 rings (SSSR count). The molecule has 19 heavy (non-hydrogen) atoms.